The number of rotatable bonds is 3. The summed E-state index contributed by atoms with van der Waals surface area (Å²) in [5.41, 5.74) is 5.84. The summed E-state index contributed by atoms with van der Waals surface area (Å²) in [5, 5.41) is 0.950. The van der Waals surface area contributed by atoms with Crippen molar-refractivity contribution in [2.45, 2.75) is 6.42 Å². The van der Waals surface area contributed by atoms with Crippen molar-refractivity contribution in [3.05, 3.63) is 33.8 Å². The summed E-state index contributed by atoms with van der Waals surface area (Å²) >= 11 is 11.5. The molecule has 0 spiro atoms. The molecule has 0 aromatic heterocycles. The van der Waals surface area contributed by atoms with Crippen molar-refractivity contribution in [2.75, 3.05) is 7.05 Å². The minimum absolute atomic E-state index is 0.120. The highest BCUT2D eigenvalue weighted by Gasteiger charge is 2.04. The first-order valence-electron chi connectivity index (χ1n) is 4.03. The lowest BCUT2D eigenvalue weighted by Gasteiger charge is -2.04. The summed E-state index contributed by atoms with van der Waals surface area (Å²) in [4.78, 5) is 11.2. The van der Waals surface area contributed by atoms with Crippen LogP contribution in [0.25, 0.3) is 0 Å². The second-order valence-electron chi connectivity index (χ2n) is 2.72. The second kappa shape index (κ2) is 5.20. The monoisotopic (exact) mass is 232 g/mol. The van der Waals surface area contributed by atoms with Gasteiger partial charge in [0.25, 0.3) is 0 Å². The van der Waals surface area contributed by atoms with Crippen LogP contribution in [0.2, 0.25) is 10.0 Å². The maximum absolute atomic E-state index is 11.2. The zero-order valence-corrected chi connectivity index (χ0v) is 9.12. The highest BCUT2D eigenvalue weighted by Crippen LogP contribution is 2.22. The molecule has 0 aliphatic heterocycles. The molecule has 0 heterocycles. The quantitative estimate of drug-likeness (QED) is 0.781. The number of amides is 1. The minimum Gasteiger partial charge on any atom is -0.292 e. The summed E-state index contributed by atoms with van der Waals surface area (Å²) < 4.78 is 0. The normalized spacial score (nSPS) is 9.93. The van der Waals surface area contributed by atoms with Gasteiger partial charge in [0.15, 0.2) is 0 Å². The fraction of sp³-hybridized carbons (Fsp3) is 0.222. The van der Waals surface area contributed by atoms with Crippen LogP contribution in [-0.2, 0) is 11.2 Å². The molecule has 1 amide bonds. The Bertz CT molecular complexity index is 342. The number of benzene rings is 1. The highest BCUT2D eigenvalue weighted by molar-refractivity contribution is 6.42. The van der Waals surface area contributed by atoms with Gasteiger partial charge in [0.2, 0.25) is 5.91 Å². The minimum atomic E-state index is -0.120. The average Bonchev–Trinajstić information content (AvgIpc) is 2.12. The maximum atomic E-state index is 11.2. The average molecular weight is 233 g/mol. The number of hydrogen-bond acceptors (Lipinski definition) is 2. The van der Waals surface area contributed by atoms with Crippen LogP contribution in [0.5, 0.6) is 0 Å². The van der Waals surface area contributed by atoms with Crippen molar-refractivity contribution in [1.29, 1.82) is 0 Å². The molecule has 0 saturated carbocycles. The van der Waals surface area contributed by atoms with Gasteiger partial charge in [0.1, 0.15) is 0 Å². The molecule has 0 bridgehead atoms. The summed E-state index contributed by atoms with van der Waals surface area (Å²) in [5.74, 6) is -0.120. The van der Waals surface area contributed by atoms with Gasteiger partial charge in [-0.1, -0.05) is 29.3 Å². The van der Waals surface area contributed by atoms with Crippen LogP contribution in [0.15, 0.2) is 18.2 Å². The third-order valence-electron chi connectivity index (χ3n) is 1.61. The molecule has 0 aliphatic rings. The molecule has 0 fully saturated rings. The van der Waals surface area contributed by atoms with E-state index in [0.29, 0.717) is 10.0 Å². The fourth-order valence-corrected chi connectivity index (χ4v) is 1.34. The summed E-state index contributed by atoms with van der Waals surface area (Å²) in [6.45, 7) is 0. The number of nitrogens with one attached hydrogen (secondary N) is 2. The van der Waals surface area contributed by atoms with Crippen molar-refractivity contribution in [1.82, 2.24) is 10.9 Å². The number of hydrazine groups is 1. The van der Waals surface area contributed by atoms with E-state index in [4.69, 9.17) is 23.2 Å². The van der Waals surface area contributed by atoms with Gasteiger partial charge in [-0.05, 0) is 17.7 Å². The first kappa shape index (κ1) is 11.3. The summed E-state index contributed by atoms with van der Waals surface area (Å²) in [6, 6.07) is 5.12. The lowest BCUT2D eigenvalue weighted by atomic mass is 10.1. The molecule has 0 radical (unpaired) electrons. The molecule has 1 aromatic carbocycles. The molecule has 2 N–H and O–H groups in total. The third kappa shape index (κ3) is 3.18. The SMILES string of the molecule is CNNC(=O)Cc1ccc(Cl)c(Cl)c1. The van der Waals surface area contributed by atoms with E-state index in [-0.39, 0.29) is 12.3 Å². The van der Waals surface area contributed by atoms with Gasteiger partial charge in [-0.3, -0.25) is 10.2 Å². The van der Waals surface area contributed by atoms with Crippen molar-refractivity contribution in [3.63, 3.8) is 0 Å². The zero-order valence-electron chi connectivity index (χ0n) is 7.60. The molecule has 1 rings (SSSR count). The van der Waals surface area contributed by atoms with Gasteiger partial charge in [-0.2, -0.15) is 0 Å². The molecule has 0 atom stereocenters. The van der Waals surface area contributed by atoms with Gasteiger partial charge in [0.05, 0.1) is 16.5 Å². The van der Waals surface area contributed by atoms with E-state index in [1.165, 1.54) is 0 Å². The van der Waals surface area contributed by atoms with Gasteiger partial charge >= 0.3 is 0 Å². The predicted octanol–water partition coefficient (Wildman–Crippen LogP) is 1.79. The zero-order chi connectivity index (χ0) is 10.6. The Kier molecular flexibility index (Phi) is 4.20. The van der Waals surface area contributed by atoms with Gasteiger partial charge in [-0.15, -0.1) is 0 Å². The largest absolute Gasteiger partial charge is 0.292 e. The molecule has 14 heavy (non-hydrogen) atoms. The van der Waals surface area contributed by atoms with Crippen molar-refractivity contribution < 1.29 is 4.79 Å². The Hall–Kier alpha value is -0.770. The van der Waals surface area contributed by atoms with E-state index in [1.54, 1.807) is 25.2 Å². The number of halogens is 2. The Labute approximate surface area is 92.4 Å². The fourth-order valence-electron chi connectivity index (χ4n) is 1.02. The Balaban J connectivity index is 2.68. The van der Waals surface area contributed by atoms with E-state index in [0.717, 1.165) is 5.56 Å². The molecule has 0 aliphatic carbocycles. The lowest BCUT2D eigenvalue weighted by molar-refractivity contribution is -0.121. The predicted molar refractivity (Wildman–Crippen MR) is 57.4 cm³/mol. The first-order chi connectivity index (χ1) is 6.63. The van der Waals surface area contributed by atoms with Crippen LogP contribution in [0, 0.1) is 0 Å². The van der Waals surface area contributed by atoms with Gasteiger partial charge in [-0.25, -0.2) is 5.43 Å². The van der Waals surface area contributed by atoms with Crippen molar-refractivity contribution >= 4 is 29.1 Å². The molecule has 3 nitrogen and oxygen atoms in total. The maximum Gasteiger partial charge on any atom is 0.238 e. The van der Waals surface area contributed by atoms with E-state index >= 15 is 0 Å². The molecule has 5 heteroatoms. The molecule has 0 unspecified atom stereocenters. The molecule has 1 aromatic rings. The van der Waals surface area contributed by atoms with Gasteiger partial charge in [0, 0.05) is 7.05 Å². The van der Waals surface area contributed by atoms with Gasteiger partial charge < -0.3 is 0 Å². The number of carbonyl (C=O) groups excluding carboxylic acids is 1. The van der Waals surface area contributed by atoms with Crippen LogP contribution in [-0.4, -0.2) is 13.0 Å². The first-order valence-corrected chi connectivity index (χ1v) is 4.78. The van der Waals surface area contributed by atoms with Crippen LogP contribution >= 0.6 is 23.2 Å². The topological polar surface area (TPSA) is 41.1 Å². The summed E-state index contributed by atoms with van der Waals surface area (Å²) in [7, 11) is 1.63. The molecular weight excluding hydrogens is 223 g/mol. The van der Waals surface area contributed by atoms with Crippen LogP contribution < -0.4 is 10.9 Å². The standard InChI is InChI=1S/C9H10Cl2N2O/c1-12-13-9(14)5-6-2-3-7(10)8(11)4-6/h2-4,12H,5H2,1H3,(H,13,14). The van der Waals surface area contributed by atoms with E-state index in [2.05, 4.69) is 10.9 Å². The third-order valence-corrected chi connectivity index (χ3v) is 2.35. The van der Waals surface area contributed by atoms with E-state index in [1.807, 2.05) is 0 Å². The highest BCUT2D eigenvalue weighted by atomic mass is 35.5. The Morgan fingerprint density at radius 2 is 2.07 bits per heavy atom. The van der Waals surface area contributed by atoms with Crippen LogP contribution in [0.4, 0.5) is 0 Å². The number of carbonyl (C=O) groups is 1. The lowest BCUT2D eigenvalue weighted by Crippen LogP contribution is -2.35. The van der Waals surface area contributed by atoms with E-state index < -0.39 is 0 Å². The van der Waals surface area contributed by atoms with Crippen LogP contribution in [0.1, 0.15) is 5.56 Å². The Morgan fingerprint density at radius 1 is 1.36 bits per heavy atom. The molecule has 76 valence electrons. The van der Waals surface area contributed by atoms with E-state index in [9.17, 15) is 4.79 Å². The van der Waals surface area contributed by atoms with Crippen molar-refractivity contribution in [2.24, 2.45) is 0 Å². The second-order valence-corrected chi connectivity index (χ2v) is 3.54. The Morgan fingerprint density at radius 3 is 2.64 bits per heavy atom. The summed E-state index contributed by atoms with van der Waals surface area (Å²) in [6.07, 6.45) is 0.276. The molecular formula is C9H10Cl2N2O. The smallest absolute Gasteiger partial charge is 0.238 e. The molecule has 0 saturated heterocycles. The van der Waals surface area contributed by atoms with Crippen LogP contribution in [0.3, 0.4) is 0 Å². The van der Waals surface area contributed by atoms with Crippen molar-refractivity contribution in [3.8, 4) is 0 Å². The number of hydrogen-bond donors (Lipinski definition) is 2.